The Kier molecular flexibility index (Phi) is 3.79. The predicted molar refractivity (Wildman–Crippen MR) is 77.9 cm³/mol. The van der Waals surface area contributed by atoms with E-state index < -0.39 is 0 Å². The summed E-state index contributed by atoms with van der Waals surface area (Å²) >= 11 is 0. The Morgan fingerprint density at radius 2 is 1.79 bits per heavy atom. The molecule has 4 heteroatoms. The van der Waals surface area contributed by atoms with Crippen LogP contribution in [0.25, 0.3) is 0 Å². The normalized spacial score (nSPS) is 10.8. The van der Waals surface area contributed by atoms with Crippen LogP contribution in [0.2, 0.25) is 0 Å². The summed E-state index contributed by atoms with van der Waals surface area (Å²) in [6.07, 6.45) is 1.61. The van der Waals surface area contributed by atoms with E-state index in [4.69, 9.17) is 0 Å². The van der Waals surface area contributed by atoms with Gasteiger partial charge in [0.1, 0.15) is 12.1 Å². The monoisotopic (exact) mass is 256 g/mol. The van der Waals surface area contributed by atoms with Crippen LogP contribution in [-0.2, 0) is 0 Å². The summed E-state index contributed by atoms with van der Waals surface area (Å²) in [5.74, 6) is 1.24. The van der Waals surface area contributed by atoms with Gasteiger partial charge >= 0.3 is 0 Å². The van der Waals surface area contributed by atoms with E-state index in [1.807, 2.05) is 26.0 Å². The largest absolute Gasteiger partial charge is 0.338 e. The molecule has 0 aliphatic heterocycles. The topological polar surface area (TPSA) is 50.7 Å². The van der Waals surface area contributed by atoms with Gasteiger partial charge in [0.2, 0.25) is 0 Å². The Hall–Kier alpha value is -1.97. The van der Waals surface area contributed by atoms with Gasteiger partial charge < -0.3 is 5.32 Å². The molecule has 0 aromatic carbocycles. The lowest BCUT2D eigenvalue weighted by Crippen LogP contribution is -2.05. The molecule has 0 aliphatic carbocycles. The van der Waals surface area contributed by atoms with Crippen LogP contribution in [-0.4, -0.2) is 15.0 Å². The Bertz CT molecular complexity index is 591. The van der Waals surface area contributed by atoms with Crippen LogP contribution in [0.4, 0.5) is 11.5 Å². The van der Waals surface area contributed by atoms with Gasteiger partial charge in [0, 0.05) is 11.3 Å². The van der Waals surface area contributed by atoms with Crippen molar-refractivity contribution in [1.82, 2.24) is 15.0 Å². The van der Waals surface area contributed by atoms with Crippen LogP contribution in [0.5, 0.6) is 0 Å². The first kappa shape index (κ1) is 13.5. The van der Waals surface area contributed by atoms with E-state index >= 15 is 0 Å². The molecule has 0 aliphatic rings. The third kappa shape index (κ3) is 2.89. The molecule has 1 N–H and O–H groups in total. The summed E-state index contributed by atoms with van der Waals surface area (Å²) in [5, 5.41) is 3.35. The molecule has 4 nitrogen and oxygen atoms in total. The van der Waals surface area contributed by atoms with Crippen LogP contribution in [0.1, 0.15) is 42.4 Å². The molecular weight excluding hydrogens is 236 g/mol. The van der Waals surface area contributed by atoms with Gasteiger partial charge in [-0.1, -0.05) is 13.8 Å². The zero-order valence-electron chi connectivity index (χ0n) is 12.2. The quantitative estimate of drug-likeness (QED) is 0.910. The van der Waals surface area contributed by atoms with Gasteiger partial charge in [0.05, 0.1) is 17.1 Å². The molecule has 100 valence electrons. The molecule has 0 fully saturated rings. The highest BCUT2D eigenvalue weighted by atomic mass is 15.0. The smallest absolute Gasteiger partial charge is 0.137 e. The first-order valence-electron chi connectivity index (χ1n) is 6.51. The van der Waals surface area contributed by atoms with Gasteiger partial charge in [-0.2, -0.15) is 0 Å². The van der Waals surface area contributed by atoms with Crippen molar-refractivity contribution in [3.63, 3.8) is 0 Å². The van der Waals surface area contributed by atoms with Crippen molar-refractivity contribution in [3.05, 3.63) is 41.1 Å². The van der Waals surface area contributed by atoms with Crippen LogP contribution >= 0.6 is 0 Å². The molecule has 2 aromatic heterocycles. The number of nitrogens with one attached hydrogen (secondary N) is 1. The van der Waals surface area contributed by atoms with E-state index in [0.29, 0.717) is 5.92 Å². The van der Waals surface area contributed by atoms with Crippen LogP contribution in [0.15, 0.2) is 18.5 Å². The predicted octanol–water partition coefficient (Wildman–Crippen LogP) is 3.66. The number of aryl methyl sites for hydroxylation is 2. The molecule has 19 heavy (non-hydrogen) atoms. The summed E-state index contributed by atoms with van der Waals surface area (Å²) in [4.78, 5) is 13.1. The summed E-state index contributed by atoms with van der Waals surface area (Å²) < 4.78 is 0. The molecule has 0 amide bonds. The average molecular weight is 256 g/mol. The lowest BCUT2D eigenvalue weighted by Gasteiger charge is -2.14. The van der Waals surface area contributed by atoms with Crippen molar-refractivity contribution in [2.45, 2.75) is 40.5 Å². The van der Waals surface area contributed by atoms with Crippen molar-refractivity contribution in [3.8, 4) is 0 Å². The maximum atomic E-state index is 4.45. The number of hydrogen-bond donors (Lipinski definition) is 1. The number of pyridine rings is 1. The van der Waals surface area contributed by atoms with E-state index in [0.717, 1.165) is 34.2 Å². The summed E-state index contributed by atoms with van der Waals surface area (Å²) in [7, 11) is 0. The minimum atomic E-state index is 0.390. The van der Waals surface area contributed by atoms with Crippen molar-refractivity contribution in [1.29, 1.82) is 0 Å². The number of anilines is 2. The summed E-state index contributed by atoms with van der Waals surface area (Å²) in [5.41, 5.74) is 5.16. The summed E-state index contributed by atoms with van der Waals surface area (Å²) in [6.45, 7) is 10.3. The molecule has 0 spiro atoms. The van der Waals surface area contributed by atoms with E-state index in [-0.39, 0.29) is 0 Å². The minimum absolute atomic E-state index is 0.390. The molecule has 0 atom stereocenters. The highest BCUT2D eigenvalue weighted by Crippen LogP contribution is 2.24. The highest BCUT2D eigenvalue weighted by Gasteiger charge is 2.11. The molecule has 0 unspecified atom stereocenters. The van der Waals surface area contributed by atoms with E-state index in [9.17, 15) is 0 Å². The van der Waals surface area contributed by atoms with E-state index in [1.54, 1.807) is 6.33 Å². The highest BCUT2D eigenvalue weighted by molar-refractivity contribution is 5.61. The van der Waals surface area contributed by atoms with Crippen molar-refractivity contribution in [2.75, 3.05) is 5.32 Å². The van der Waals surface area contributed by atoms with Gasteiger partial charge in [-0.3, -0.25) is 4.98 Å². The van der Waals surface area contributed by atoms with Crippen LogP contribution in [0, 0.1) is 20.8 Å². The Labute approximate surface area is 114 Å². The molecule has 2 rings (SSSR count). The van der Waals surface area contributed by atoms with Gasteiger partial charge in [-0.05, 0) is 38.8 Å². The summed E-state index contributed by atoms with van der Waals surface area (Å²) in [6, 6.07) is 4.03. The molecule has 0 bridgehead atoms. The second-order valence-electron chi connectivity index (χ2n) is 5.10. The number of rotatable bonds is 3. The maximum Gasteiger partial charge on any atom is 0.137 e. The molecule has 0 saturated heterocycles. The Balaban J connectivity index is 2.36. The minimum Gasteiger partial charge on any atom is -0.338 e. The van der Waals surface area contributed by atoms with Crippen molar-refractivity contribution >= 4 is 11.5 Å². The van der Waals surface area contributed by atoms with Gasteiger partial charge in [0.15, 0.2) is 0 Å². The average Bonchev–Trinajstić information content (AvgIpc) is 2.34. The van der Waals surface area contributed by atoms with Gasteiger partial charge in [-0.25, -0.2) is 9.97 Å². The zero-order chi connectivity index (χ0) is 14.0. The standard InChI is InChI=1S/C15H20N4/c1-9(2)14-11(4)15(17-8-16-14)19-13-7-6-10(3)18-12(13)5/h6-9H,1-5H3,(H,16,17,19). The SMILES string of the molecule is Cc1ccc(Nc2ncnc(C(C)C)c2C)c(C)n1. The molecule has 0 radical (unpaired) electrons. The fourth-order valence-electron chi connectivity index (χ4n) is 2.12. The van der Waals surface area contributed by atoms with Crippen LogP contribution in [0.3, 0.4) is 0 Å². The van der Waals surface area contributed by atoms with Crippen LogP contribution < -0.4 is 5.32 Å². The molecular formula is C15H20N4. The first-order valence-corrected chi connectivity index (χ1v) is 6.51. The number of nitrogens with zero attached hydrogens (tertiary/aromatic N) is 3. The zero-order valence-corrected chi connectivity index (χ0v) is 12.2. The fourth-order valence-corrected chi connectivity index (χ4v) is 2.12. The number of aromatic nitrogens is 3. The third-order valence-electron chi connectivity index (χ3n) is 3.15. The van der Waals surface area contributed by atoms with Gasteiger partial charge in [-0.15, -0.1) is 0 Å². The fraction of sp³-hybridized carbons (Fsp3) is 0.400. The molecule has 0 saturated carbocycles. The second kappa shape index (κ2) is 5.34. The first-order chi connectivity index (χ1) is 8.99. The van der Waals surface area contributed by atoms with E-state index in [1.165, 1.54) is 0 Å². The third-order valence-corrected chi connectivity index (χ3v) is 3.15. The second-order valence-corrected chi connectivity index (χ2v) is 5.10. The van der Waals surface area contributed by atoms with Crippen molar-refractivity contribution in [2.24, 2.45) is 0 Å². The van der Waals surface area contributed by atoms with E-state index in [2.05, 4.69) is 41.0 Å². The maximum absolute atomic E-state index is 4.45. The lowest BCUT2D eigenvalue weighted by molar-refractivity contribution is 0.803. The van der Waals surface area contributed by atoms with Crippen molar-refractivity contribution < 1.29 is 0 Å². The van der Waals surface area contributed by atoms with Gasteiger partial charge in [0.25, 0.3) is 0 Å². The Morgan fingerprint density at radius 1 is 1.05 bits per heavy atom. The lowest BCUT2D eigenvalue weighted by atomic mass is 10.1. The number of hydrogen-bond acceptors (Lipinski definition) is 4. The molecule has 2 aromatic rings. The molecule has 2 heterocycles. The Morgan fingerprint density at radius 3 is 2.42 bits per heavy atom.